The highest BCUT2D eigenvalue weighted by atomic mass is 35.5. The van der Waals surface area contributed by atoms with E-state index in [1.807, 2.05) is 49.4 Å². The average Bonchev–Trinajstić information content (AvgIpc) is 3.38. The first-order valence-electron chi connectivity index (χ1n) is 12.0. The first-order chi connectivity index (χ1) is 18.1. The van der Waals surface area contributed by atoms with Gasteiger partial charge in [0.15, 0.2) is 16.8 Å². The number of rotatable bonds is 6. The first kappa shape index (κ1) is 26.7. The summed E-state index contributed by atoms with van der Waals surface area (Å²) in [7, 11) is -4.02. The number of benzene rings is 3. The highest BCUT2D eigenvalue weighted by Crippen LogP contribution is 2.37. The Morgan fingerprint density at radius 1 is 1.08 bits per heavy atom. The highest BCUT2D eigenvalue weighted by molar-refractivity contribution is 7.89. The summed E-state index contributed by atoms with van der Waals surface area (Å²) in [6.45, 7) is 2.42. The van der Waals surface area contributed by atoms with E-state index in [4.69, 9.17) is 16.6 Å². The van der Waals surface area contributed by atoms with Crippen LogP contribution < -0.4 is 4.90 Å². The van der Waals surface area contributed by atoms with E-state index in [9.17, 15) is 22.0 Å². The number of aromatic nitrogens is 1. The van der Waals surface area contributed by atoms with E-state index < -0.39 is 27.6 Å². The van der Waals surface area contributed by atoms with Crippen molar-refractivity contribution in [2.45, 2.75) is 31.2 Å². The van der Waals surface area contributed by atoms with E-state index in [1.165, 1.54) is 15.6 Å². The maximum absolute atomic E-state index is 13.9. The third kappa shape index (κ3) is 5.18. The second kappa shape index (κ2) is 10.7. The first-order valence-corrected chi connectivity index (χ1v) is 14.6. The molecule has 3 aromatic carbocycles. The lowest BCUT2D eigenvalue weighted by Crippen LogP contribution is -2.44. The zero-order valence-corrected chi connectivity index (χ0v) is 22.8. The fourth-order valence-corrected chi connectivity index (χ4v) is 7.37. The summed E-state index contributed by atoms with van der Waals surface area (Å²) in [5, 5.41) is 1.10. The molecule has 0 unspecified atom stereocenters. The Labute approximate surface area is 228 Å². The Hall–Kier alpha value is -2.92. The number of amides is 1. The van der Waals surface area contributed by atoms with Crippen molar-refractivity contribution in [1.29, 1.82) is 0 Å². The monoisotopic (exact) mass is 575 g/mol. The summed E-state index contributed by atoms with van der Waals surface area (Å²) in [6.07, 6.45) is 0.579. The third-order valence-electron chi connectivity index (χ3n) is 6.70. The van der Waals surface area contributed by atoms with Crippen molar-refractivity contribution >= 4 is 54.2 Å². The molecule has 38 heavy (non-hydrogen) atoms. The van der Waals surface area contributed by atoms with Gasteiger partial charge in [0.25, 0.3) is 0 Å². The molecule has 1 aliphatic heterocycles. The predicted molar refractivity (Wildman–Crippen MR) is 145 cm³/mol. The molecule has 11 heteroatoms. The summed E-state index contributed by atoms with van der Waals surface area (Å²) >= 11 is 7.78. The number of anilines is 1. The van der Waals surface area contributed by atoms with Crippen LogP contribution in [0.15, 0.2) is 65.6 Å². The molecule has 1 saturated heterocycles. The van der Waals surface area contributed by atoms with Gasteiger partial charge in [-0.2, -0.15) is 4.31 Å². The van der Waals surface area contributed by atoms with Crippen LogP contribution in [0.5, 0.6) is 0 Å². The van der Waals surface area contributed by atoms with Gasteiger partial charge < -0.3 is 0 Å². The molecule has 0 spiro atoms. The van der Waals surface area contributed by atoms with Crippen molar-refractivity contribution in [3.8, 4) is 0 Å². The summed E-state index contributed by atoms with van der Waals surface area (Å²) in [6, 6.07) is 15.8. The Balaban J connectivity index is 1.39. The summed E-state index contributed by atoms with van der Waals surface area (Å²) in [4.78, 5) is 20.0. The molecule has 0 aliphatic carbocycles. The maximum Gasteiger partial charge on any atom is 0.243 e. The van der Waals surface area contributed by atoms with Crippen LogP contribution in [0, 0.1) is 24.5 Å². The number of nitrogens with zero attached hydrogens (tertiary/aromatic N) is 3. The molecule has 0 N–H and O–H groups in total. The molecule has 2 heterocycles. The van der Waals surface area contributed by atoms with Gasteiger partial charge in [-0.1, -0.05) is 59.3 Å². The molecule has 0 atom stereocenters. The van der Waals surface area contributed by atoms with E-state index in [0.717, 1.165) is 33.5 Å². The Bertz CT molecular complexity index is 1570. The number of fused-ring (bicyclic) bond motifs is 1. The van der Waals surface area contributed by atoms with E-state index in [0.29, 0.717) is 22.8 Å². The van der Waals surface area contributed by atoms with Crippen molar-refractivity contribution in [2.24, 2.45) is 5.92 Å². The Kier molecular flexibility index (Phi) is 7.50. The van der Waals surface area contributed by atoms with Gasteiger partial charge in [-0.15, -0.1) is 0 Å². The van der Waals surface area contributed by atoms with Crippen molar-refractivity contribution in [1.82, 2.24) is 9.29 Å². The minimum atomic E-state index is -4.02. The topological polar surface area (TPSA) is 70.6 Å². The summed E-state index contributed by atoms with van der Waals surface area (Å²) in [5.74, 6) is -2.91. The molecule has 5 rings (SSSR count). The van der Waals surface area contributed by atoms with Crippen LogP contribution in [0.2, 0.25) is 5.02 Å². The van der Waals surface area contributed by atoms with Gasteiger partial charge in [-0.25, -0.2) is 22.2 Å². The second-order valence-corrected chi connectivity index (χ2v) is 12.5. The van der Waals surface area contributed by atoms with E-state index >= 15 is 0 Å². The smallest absolute Gasteiger partial charge is 0.243 e. The van der Waals surface area contributed by atoms with E-state index in [1.54, 1.807) is 4.90 Å². The number of hydrogen-bond acceptors (Lipinski definition) is 5. The maximum atomic E-state index is 13.9. The van der Waals surface area contributed by atoms with Crippen LogP contribution in [0.25, 0.3) is 10.2 Å². The number of halogens is 3. The third-order valence-corrected chi connectivity index (χ3v) is 10.1. The zero-order chi connectivity index (χ0) is 27.0. The number of sulfonamides is 1. The lowest BCUT2D eigenvalue weighted by atomic mass is 9.96. The van der Waals surface area contributed by atoms with Crippen LogP contribution in [0.3, 0.4) is 0 Å². The molecule has 1 aromatic heterocycles. The number of aryl methyl sites for hydroxylation is 1. The molecule has 6 nitrogen and oxygen atoms in total. The van der Waals surface area contributed by atoms with Gasteiger partial charge in [0.1, 0.15) is 0 Å². The van der Waals surface area contributed by atoms with Crippen molar-refractivity contribution in [3.05, 3.63) is 88.4 Å². The molecule has 0 bridgehead atoms. The molecule has 198 valence electrons. The molecular formula is C27H24ClF2N3O3S2. The molecule has 0 radical (unpaired) electrons. The second-order valence-electron chi connectivity index (χ2n) is 9.20. The lowest BCUT2D eigenvalue weighted by molar-refractivity contribution is -0.123. The largest absolute Gasteiger partial charge is 0.283 e. The van der Waals surface area contributed by atoms with Gasteiger partial charge in [0.05, 0.1) is 26.7 Å². The molecule has 4 aromatic rings. The quantitative estimate of drug-likeness (QED) is 0.276. The van der Waals surface area contributed by atoms with Gasteiger partial charge in [-0.05, 0) is 55.2 Å². The van der Waals surface area contributed by atoms with Crippen LogP contribution >= 0.6 is 22.9 Å². The lowest BCUT2D eigenvalue weighted by Gasteiger charge is -2.33. The van der Waals surface area contributed by atoms with Gasteiger partial charge in [-0.3, -0.25) is 9.69 Å². The molecule has 1 aliphatic rings. The van der Waals surface area contributed by atoms with E-state index in [2.05, 4.69) is 0 Å². The molecule has 1 fully saturated rings. The molecular weight excluding hydrogens is 552 g/mol. The average molecular weight is 576 g/mol. The van der Waals surface area contributed by atoms with Crippen LogP contribution in [0.1, 0.15) is 24.0 Å². The SMILES string of the molecule is Cc1ccc(Cl)c2sc(N(Cc3ccccc3)C(=O)C3CCN(S(=O)(=O)c4ccc(F)c(F)c4)CC3)nc12. The molecule has 1 amide bonds. The number of hydrogen-bond donors (Lipinski definition) is 0. The van der Waals surface area contributed by atoms with Crippen LogP contribution in [-0.2, 0) is 21.4 Å². The van der Waals surface area contributed by atoms with Crippen LogP contribution in [0.4, 0.5) is 13.9 Å². The molecule has 0 saturated carbocycles. The van der Waals surface area contributed by atoms with Gasteiger partial charge in [0.2, 0.25) is 15.9 Å². The normalized spacial score (nSPS) is 15.2. The fourth-order valence-electron chi connectivity index (χ4n) is 4.56. The predicted octanol–water partition coefficient (Wildman–Crippen LogP) is 6.17. The number of carbonyl (C=O) groups is 1. The minimum absolute atomic E-state index is 0.0850. The van der Waals surface area contributed by atoms with Crippen molar-refractivity contribution < 1.29 is 22.0 Å². The standard InChI is InChI=1S/C27H24ClF2N3O3S2/c1-17-7-9-21(28)25-24(17)31-27(37-25)33(16-18-5-3-2-4-6-18)26(34)19-11-13-32(14-12-19)38(35,36)20-8-10-22(29)23(30)15-20/h2-10,15,19H,11-14,16H2,1H3. The highest BCUT2D eigenvalue weighted by Gasteiger charge is 2.35. The number of piperidine rings is 1. The minimum Gasteiger partial charge on any atom is -0.283 e. The number of thiazole rings is 1. The Morgan fingerprint density at radius 3 is 2.45 bits per heavy atom. The van der Waals surface area contributed by atoms with Crippen molar-refractivity contribution in [2.75, 3.05) is 18.0 Å². The summed E-state index contributed by atoms with van der Waals surface area (Å²) in [5.41, 5.74) is 2.63. The van der Waals surface area contributed by atoms with Gasteiger partial charge >= 0.3 is 0 Å². The zero-order valence-electron chi connectivity index (χ0n) is 20.4. The van der Waals surface area contributed by atoms with Gasteiger partial charge in [0, 0.05) is 19.0 Å². The Morgan fingerprint density at radius 2 is 1.79 bits per heavy atom. The van der Waals surface area contributed by atoms with Crippen molar-refractivity contribution in [3.63, 3.8) is 0 Å². The number of carbonyl (C=O) groups excluding carboxylic acids is 1. The summed E-state index contributed by atoms with van der Waals surface area (Å²) < 4.78 is 55.0. The fraction of sp³-hybridized carbons (Fsp3) is 0.259. The van der Waals surface area contributed by atoms with Crippen LogP contribution in [-0.4, -0.2) is 36.7 Å². The van der Waals surface area contributed by atoms with E-state index in [-0.39, 0.29) is 36.7 Å².